The summed E-state index contributed by atoms with van der Waals surface area (Å²) in [6.45, 7) is 0.0511. The Hall–Kier alpha value is -1.71. The lowest BCUT2D eigenvalue weighted by Crippen LogP contribution is -2.23. The highest BCUT2D eigenvalue weighted by Gasteiger charge is 2.25. The fourth-order valence-corrected chi connectivity index (χ4v) is 3.30. The molecular formula is C11H10BrN3O4S. The number of nitro groups is 1. The Morgan fingerprint density at radius 2 is 2.10 bits per heavy atom. The zero-order chi connectivity index (χ0) is 14.8. The number of benzene rings is 1. The Morgan fingerprint density at radius 3 is 2.70 bits per heavy atom. The van der Waals surface area contributed by atoms with E-state index in [0.29, 0.717) is 4.47 Å². The molecule has 0 aliphatic heterocycles. The maximum Gasteiger partial charge on any atom is 0.289 e. The maximum absolute atomic E-state index is 12.2. The molecule has 2 N–H and O–H groups in total. The summed E-state index contributed by atoms with van der Waals surface area (Å²) in [6.07, 6.45) is 3.29. The first-order valence-electron chi connectivity index (χ1n) is 5.45. The van der Waals surface area contributed by atoms with Gasteiger partial charge in [-0.05, 0) is 23.8 Å². The molecule has 0 aliphatic rings. The topological polar surface area (TPSA) is 105 Å². The number of aromatic nitrogens is 1. The van der Waals surface area contributed by atoms with Crippen LogP contribution in [0.5, 0.6) is 0 Å². The van der Waals surface area contributed by atoms with Crippen LogP contribution in [0.1, 0.15) is 5.56 Å². The van der Waals surface area contributed by atoms with Crippen LogP contribution in [0.4, 0.5) is 5.69 Å². The van der Waals surface area contributed by atoms with Gasteiger partial charge in [0, 0.05) is 29.5 Å². The number of rotatable bonds is 5. The molecule has 1 heterocycles. The average molecular weight is 360 g/mol. The van der Waals surface area contributed by atoms with Crippen molar-refractivity contribution in [1.82, 2.24) is 9.71 Å². The molecule has 0 aliphatic carbocycles. The molecule has 0 atom stereocenters. The van der Waals surface area contributed by atoms with Gasteiger partial charge in [0.1, 0.15) is 0 Å². The molecule has 2 rings (SSSR count). The lowest BCUT2D eigenvalue weighted by Gasteiger charge is -2.07. The highest BCUT2D eigenvalue weighted by molar-refractivity contribution is 9.10. The van der Waals surface area contributed by atoms with Crippen LogP contribution in [0.25, 0.3) is 0 Å². The number of hydrogen-bond acceptors (Lipinski definition) is 4. The second-order valence-electron chi connectivity index (χ2n) is 3.91. The predicted octanol–water partition coefficient (Wildman–Crippen LogP) is 2.16. The second kappa shape index (κ2) is 5.73. The minimum absolute atomic E-state index is 0.0511. The third-order valence-electron chi connectivity index (χ3n) is 2.54. The van der Waals surface area contributed by atoms with E-state index < -0.39 is 20.6 Å². The summed E-state index contributed by atoms with van der Waals surface area (Å²) >= 11 is 3.11. The van der Waals surface area contributed by atoms with Gasteiger partial charge in [-0.25, -0.2) is 13.1 Å². The minimum Gasteiger partial charge on any atom is -0.367 e. The standard InChI is InChI=1S/C11H10BrN3O4S/c12-9-1-2-10(15(16)17)11(5-9)20(18,19)14-7-8-3-4-13-6-8/h1-6,13-14H,7H2. The molecule has 0 fully saturated rings. The van der Waals surface area contributed by atoms with Crippen molar-refractivity contribution in [3.05, 3.63) is 56.8 Å². The van der Waals surface area contributed by atoms with E-state index in [9.17, 15) is 18.5 Å². The summed E-state index contributed by atoms with van der Waals surface area (Å²) in [7, 11) is -3.97. The predicted molar refractivity (Wildman–Crippen MR) is 75.6 cm³/mol. The number of H-pyrrole nitrogens is 1. The van der Waals surface area contributed by atoms with Crippen molar-refractivity contribution in [2.75, 3.05) is 0 Å². The largest absolute Gasteiger partial charge is 0.367 e. The maximum atomic E-state index is 12.2. The number of sulfonamides is 1. The first kappa shape index (κ1) is 14.7. The van der Waals surface area contributed by atoms with Crippen molar-refractivity contribution < 1.29 is 13.3 Å². The van der Waals surface area contributed by atoms with Crippen LogP contribution < -0.4 is 4.72 Å². The molecule has 0 saturated heterocycles. The fourth-order valence-electron chi connectivity index (χ4n) is 1.58. The quantitative estimate of drug-likeness (QED) is 0.630. The van der Waals surface area contributed by atoms with Crippen LogP contribution in [0.2, 0.25) is 0 Å². The highest BCUT2D eigenvalue weighted by atomic mass is 79.9. The van der Waals surface area contributed by atoms with E-state index in [1.54, 1.807) is 18.5 Å². The zero-order valence-electron chi connectivity index (χ0n) is 10.0. The molecule has 0 radical (unpaired) electrons. The van der Waals surface area contributed by atoms with E-state index >= 15 is 0 Å². The van der Waals surface area contributed by atoms with Crippen molar-refractivity contribution in [3.8, 4) is 0 Å². The molecule has 20 heavy (non-hydrogen) atoms. The third kappa shape index (κ3) is 3.24. The zero-order valence-corrected chi connectivity index (χ0v) is 12.4. The van der Waals surface area contributed by atoms with Gasteiger partial charge in [0.05, 0.1) is 4.92 Å². The van der Waals surface area contributed by atoms with Gasteiger partial charge in [0.2, 0.25) is 10.0 Å². The summed E-state index contributed by atoms with van der Waals surface area (Å²) < 4.78 is 27.1. The van der Waals surface area contributed by atoms with Crippen molar-refractivity contribution in [2.24, 2.45) is 0 Å². The van der Waals surface area contributed by atoms with Crippen molar-refractivity contribution in [1.29, 1.82) is 0 Å². The summed E-state index contributed by atoms with van der Waals surface area (Å²) in [5.74, 6) is 0. The molecule has 0 bridgehead atoms. The number of nitrogens with zero attached hydrogens (tertiary/aromatic N) is 1. The van der Waals surface area contributed by atoms with Gasteiger partial charge >= 0.3 is 0 Å². The lowest BCUT2D eigenvalue weighted by atomic mass is 10.3. The molecule has 0 saturated carbocycles. The molecule has 7 nitrogen and oxygen atoms in total. The number of hydrogen-bond donors (Lipinski definition) is 2. The lowest BCUT2D eigenvalue weighted by molar-refractivity contribution is -0.387. The van der Waals surface area contributed by atoms with Gasteiger partial charge < -0.3 is 4.98 Å². The van der Waals surface area contributed by atoms with Gasteiger partial charge in [-0.2, -0.15) is 0 Å². The molecular weight excluding hydrogens is 350 g/mol. The summed E-state index contributed by atoms with van der Waals surface area (Å²) in [6, 6.07) is 5.48. The molecule has 2 aromatic rings. The number of halogens is 1. The summed E-state index contributed by atoms with van der Waals surface area (Å²) in [5.41, 5.74) is 0.265. The smallest absolute Gasteiger partial charge is 0.289 e. The van der Waals surface area contributed by atoms with Gasteiger partial charge in [0.15, 0.2) is 4.90 Å². The highest BCUT2D eigenvalue weighted by Crippen LogP contribution is 2.27. The van der Waals surface area contributed by atoms with E-state index in [0.717, 1.165) is 11.6 Å². The van der Waals surface area contributed by atoms with Crippen LogP contribution in [0.15, 0.2) is 46.0 Å². The fraction of sp³-hybridized carbons (Fsp3) is 0.0909. The van der Waals surface area contributed by atoms with Gasteiger partial charge in [-0.15, -0.1) is 0 Å². The van der Waals surface area contributed by atoms with Crippen LogP contribution in [-0.4, -0.2) is 18.3 Å². The Labute approximate surface area is 123 Å². The normalized spacial score (nSPS) is 11.4. The Balaban J connectivity index is 2.33. The van der Waals surface area contributed by atoms with Gasteiger partial charge in [-0.1, -0.05) is 15.9 Å². The monoisotopic (exact) mass is 359 g/mol. The molecule has 1 aromatic heterocycles. The number of nitro benzene ring substituents is 1. The molecule has 0 spiro atoms. The summed E-state index contributed by atoms with van der Waals surface area (Å²) in [5, 5.41) is 10.9. The number of aromatic amines is 1. The number of nitrogens with one attached hydrogen (secondary N) is 2. The SMILES string of the molecule is O=[N+]([O-])c1ccc(Br)cc1S(=O)(=O)NCc1cc[nH]c1. The van der Waals surface area contributed by atoms with Crippen molar-refractivity contribution in [2.45, 2.75) is 11.4 Å². The third-order valence-corrected chi connectivity index (χ3v) is 4.46. The van der Waals surface area contributed by atoms with Gasteiger partial charge in [-0.3, -0.25) is 10.1 Å². The van der Waals surface area contributed by atoms with Crippen LogP contribution >= 0.6 is 15.9 Å². The first-order valence-corrected chi connectivity index (χ1v) is 7.73. The van der Waals surface area contributed by atoms with E-state index in [1.165, 1.54) is 12.1 Å². The molecule has 9 heteroatoms. The second-order valence-corrected chi connectivity index (χ2v) is 6.56. The first-order chi connectivity index (χ1) is 9.40. The summed E-state index contributed by atoms with van der Waals surface area (Å²) in [4.78, 5) is 12.6. The van der Waals surface area contributed by atoms with E-state index in [2.05, 4.69) is 25.6 Å². The Kier molecular flexibility index (Phi) is 4.21. The van der Waals surface area contributed by atoms with Crippen LogP contribution in [-0.2, 0) is 16.6 Å². The molecule has 1 aromatic carbocycles. The van der Waals surface area contributed by atoms with Crippen molar-refractivity contribution in [3.63, 3.8) is 0 Å². The van der Waals surface area contributed by atoms with Crippen LogP contribution in [0.3, 0.4) is 0 Å². The molecule has 0 amide bonds. The average Bonchev–Trinajstić information content (AvgIpc) is 2.89. The van der Waals surface area contributed by atoms with Gasteiger partial charge in [0.25, 0.3) is 5.69 Å². The Bertz CT molecular complexity index is 728. The van der Waals surface area contributed by atoms with E-state index in [1.807, 2.05) is 0 Å². The Morgan fingerprint density at radius 1 is 1.35 bits per heavy atom. The van der Waals surface area contributed by atoms with Crippen LogP contribution in [0, 0.1) is 10.1 Å². The van der Waals surface area contributed by atoms with E-state index in [-0.39, 0.29) is 11.4 Å². The van der Waals surface area contributed by atoms with Crippen molar-refractivity contribution >= 4 is 31.6 Å². The minimum atomic E-state index is -3.97. The van der Waals surface area contributed by atoms with E-state index in [4.69, 9.17) is 0 Å². The molecule has 0 unspecified atom stereocenters. The molecule has 106 valence electrons.